The van der Waals surface area contributed by atoms with E-state index in [1.165, 1.54) is 0 Å². The van der Waals surface area contributed by atoms with Gasteiger partial charge in [-0.2, -0.15) is 0 Å². The summed E-state index contributed by atoms with van der Waals surface area (Å²) >= 11 is 0. The number of benzene rings is 1. The van der Waals surface area contributed by atoms with Crippen molar-refractivity contribution < 1.29 is 13.2 Å². The highest BCUT2D eigenvalue weighted by molar-refractivity contribution is 5.78. The summed E-state index contributed by atoms with van der Waals surface area (Å²) in [5, 5.41) is -0.124. The molecule has 0 atom stereocenters. The summed E-state index contributed by atoms with van der Waals surface area (Å²) in [5.41, 5.74) is 0.0476. The van der Waals surface area contributed by atoms with Gasteiger partial charge in [0.2, 0.25) is 0 Å². The van der Waals surface area contributed by atoms with Crippen LogP contribution in [0.2, 0.25) is 0 Å². The zero-order valence-corrected chi connectivity index (χ0v) is 6.26. The van der Waals surface area contributed by atoms with E-state index in [1.54, 1.807) is 0 Å². The Balaban J connectivity index is 2.94. The number of rotatable bonds is 0. The first-order valence-corrected chi connectivity index (χ1v) is 3.43. The molecule has 5 heteroatoms. The van der Waals surface area contributed by atoms with E-state index in [0.29, 0.717) is 0 Å². The largest absolute Gasteiger partial charge is 0.244 e. The van der Waals surface area contributed by atoms with Crippen LogP contribution in [0.3, 0.4) is 0 Å². The van der Waals surface area contributed by atoms with Crippen LogP contribution in [0.15, 0.2) is 18.6 Å². The van der Waals surface area contributed by atoms with Crippen LogP contribution in [0.4, 0.5) is 13.2 Å². The molecule has 1 aromatic heterocycles. The fraction of sp³-hybridized carbons (Fsp3) is 0. The minimum Gasteiger partial charge on any atom is -0.244 e. The van der Waals surface area contributed by atoms with E-state index in [0.717, 1.165) is 18.6 Å². The molecule has 2 nitrogen and oxygen atoms in total. The third kappa shape index (κ3) is 1.12. The van der Waals surface area contributed by atoms with Gasteiger partial charge in [0.25, 0.3) is 0 Å². The second-order valence-corrected chi connectivity index (χ2v) is 2.44. The molecule has 2 rings (SSSR count). The molecule has 0 aliphatic heterocycles. The fourth-order valence-corrected chi connectivity index (χ4v) is 1.03. The van der Waals surface area contributed by atoms with E-state index in [9.17, 15) is 13.2 Å². The molecular formula is C8H3F3N2. The summed E-state index contributed by atoms with van der Waals surface area (Å²) < 4.78 is 38.3. The molecule has 13 heavy (non-hydrogen) atoms. The number of nitrogens with zero attached hydrogens (tertiary/aromatic N) is 2. The van der Waals surface area contributed by atoms with Gasteiger partial charge in [-0.3, -0.25) is 0 Å². The standard InChI is InChI=1S/C8H3F3N2/c9-5-1-6-4(2-12-3-13-6)7(10)8(5)11/h1-3H. The van der Waals surface area contributed by atoms with Crippen molar-refractivity contribution in [3.8, 4) is 0 Å². The topological polar surface area (TPSA) is 25.8 Å². The Morgan fingerprint density at radius 1 is 1.08 bits per heavy atom. The lowest BCUT2D eigenvalue weighted by Crippen LogP contribution is -1.94. The summed E-state index contributed by atoms with van der Waals surface area (Å²) in [6.45, 7) is 0. The average molecular weight is 184 g/mol. The zero-order chi connectivity index (χ0) is 9.42. The molecule has 0 aliphatic rings. The Morgan fingerprint density at radius 3 is 2.62 bits per heavy atom. The second kappa shape index (κ2) is 2.69. The normalized spacial score (nSPS) is 10.7. The average Bonchev–Trinajstić information content (AvgIpc) is 2.15. The third-order valence-corrected chi connectivity index (χ3v) is 1.65. The molecular weight excluding hydrogens is 181 g/mol. The molecule has 0 aliphatic carbocycles. The first-order chi connectivity index (χ1) is 6.20. The smallest absolute Gasteiger partial charge is 0.195 e. The minimum absolute atomic E-state index is 0.0476. The van der Waals surface area contributed by atoms with Crippen LogP contribution < -0.4 is 0 Å². The molecule has 0 N–H and O–H groups in total. The van der Waals surface area contributed by atoms with Crippen molar-refractivity contribution in [2.24, 2.45) is 0 Å². The molecule has 0 spiro atoms. The third-order valence-electron chi connectivity index (χ3n) is 1.65. The number of hydrogen-bond donors (Lipinski definition) is 0. The van der Waals surface area contributed by atoms with E-state index in [4.69, 9.17) is 0 Å². The van der Waals surface area contributed by atoms with E-state index in [2.05, 4.69) is 9.97 Å². The van der Waals surface area contributed by atoms with Gasteiger partial charge in [0.05, 0.1) is 10.9 Å². The van der Waals surface area contributed by atoms with Crippen LogP contribution >= 0.6 is 0 Å². The van der Waals surface area contributed by atoms with Gasteiger partial charge in [-0.1, -0.05) is 0 Å². The van der Waals surface area contributed by atoms with E-state index < -0.39 is 17.5 Å². The SMILES string of the molecule is Fc1cc2ncncc2c(F)c1F. The Morgan fingerprint density at radius 2 is 1.85 bits per heavy atom. The summed E-state index contributed by atoms with van der Waals surface area (Å²) in [6, 6.07) is 0.829. The number of halogens is 3. The van der Waals surface area contributed by atoms with E-state index >= 15 is 0 Å². The summed E-state index contributed by atoms with van der Waals surface area (Å²) in [6.07, 6.45) is 2.24. The molecule has 66 valence electrons. The molecule has 1 aromatic carbocycles. The molecule has 0 saturated heterocycles. The molecule has 0 unspecified atom stereocenters. The lowest BCUT2D eigenvalue weighted by molar-refractivity contribution is 0.453. The van der Waals surface area contributed by atoms with Crippen LogP contribution in [0.1, 0.15) is 0 Å². The van der Waals surface area contributed by atoms with Crippen molar-refractivity contribution in [3.05, 3.63) is 36.0 Å². The van der Waals surface area contributed by atoms with Crippen molar-refractivity contribution in [2.75, 3.05) is 0 Å². The highest BCUT2D eigenvalue weighted by atomic mass is 19.2. The van der Waals surface area contributed by atoms with Gasteiger partial charge in [-0.15, -0.1) is 0 Å². The zero-order valence-electron chi connectivity index (χ0n) is 6.26. The van der Waals surface area contributed by atoms with Crippen LogP contribution in [0, 0.1) is 17.5 Å². The molecule has 0 bridgehead atoms. The second-order valence-electron chi connectivity index (χ2n) is 2.44. The highest BCUT2D eigenvalue weighted by Crippen LogP contribution is 2.19. The van der Waals surface area contributed by atoms with Crippen LogP contribution in [-0.2, 0) is 0 Å². The lowest BCUT2D eigenvalue weighted by Gasteiger charge is -1.99. The van der Waals surface area contributed by atoms with E-state index in [-0.39, 0.29) is 10.9 Å². The van der Waals surface area contributed by atoms with Crippen molar-refractivity contribution in [1.82, 2.24) is 9.97 Å². The van der Waals surface area contributed by atoms with Crippen LogP contribution in [-0.4, -0.2) is 9.97 Å². The summed E-state index contributed by atoms with van der Waals surface area (Å²) in [7, 11) is 0. The predicted octanol–water partition coefficient (Wildman–Crippen LogP) is 2.05. The van der Waals surface area contributed by atoms with Gasteiger partial charge < -0.3 is 0 Å². The van der Waals surface area contributed by atoms with Gasteiger partial charge in [0.1, 0.15) is 6.33 Å². The van der Waals surface area contributed by atoms with Crippen molar-refractivity contribution in [2.45, 2.75) is 0 Å². The number of hydrogen-bond acceptors (Lipinski definition) is 2. The van der Waals surface area contributed by atoms with Gasteiger partial charge in [-0.25, -0.2) is 23.1 Å². The Labute approximate surface area is 71.0 Å². The number of aromatic nitrogens is 2. The van der Waals surface area contributed by atoms with Crippen molar-refractivity contribution in [1.29, 1.82) is 0 Å². The maximum atomic E-state index is 13.0. The molecule has 0 radical (unpaired) electrons. The van der Waals surface area contributed by atoms with Crippen molar-refractivity contribution in [3.63, 3.8) is 0 Å². The summed E-state index contributed by atoms with van der Waals surface area (Å²) in [5.74, 6) is -4.00. The molecule has 0 amide bonds. The quantitative estimate of drug-likeness (QED) is 0.585. The first-order valence-electron chi connectivity index (χ1n) is 3.43. The highest BCUT2D eigenvalue weighted by Gasteiger charge is 2.13. The van der Waals surface area contributed by atoms with Gasteiger partial charge in [0.15, 0.2) is 17.5 Å². The molecule has 2 aromatic rings. The predicted molar refractivity (Wildman–Crippen MR) is 39.4 cm³/mol. The van der Waals surface area contributed by atoms with Gasteiger partial charge in [0, 0.05) is 12.3 Å². The monoisotopic (exact) mass is 184 g/mol. The Kier molecular flexibility index (Phi) is 1.65. The fourth-order valence-electron chi connectivity index (χ4n) is 1.03. The van der Waals surface area contributed by atoms with Crippen LogP contribution in [0.5, 0.6) is 0 Å². The summed E-state index contributed by atoms with van der Waals surface area (Å²) in [4.78, 5) is 7.09. The van der Waals surface area contributed by atoms with Gasteiger partial charge in [-0.05, 0) is 0 Å². The van der Waals surface area contributed by atoms with Crippen molar-refractivity contribution >= 4 is 10.9 Å². The molecule has 1 heterocycles. The Hall–Kier alpha value is -1.65. The van der Waals surface area contributed by atoms with E-state index in [1.807, 2.05) is 0 Å². The van der Waals surface area contributed by atoms with Gasteiger partial charge >= 0.3 is 0 Å². The number of fused-ring (bicyclic) bond motifs is 1. The maximum Gasteiger partial charge on any atom is 0.195 e. The first kappa shape index (κ1) is 7.97. The Bertz CT molecular complexity index is 470. The maximum absolute atomic E-state index is 13.0. The van der Waals surface area contributed by atoms with Crippen LogP contribution in [0.25, 0.3) is 10.9 Å². The molecule has 0 fully saturated rings. The minimum atomic E-state index is -1.50. The molecule has 0 saturated carbocycles. The lowest BCUT2D eigenvalue weighted by atomic mass is 10.2.